The second kappa shape index (κ2) is 7.45. The van der Waals surface area contributed by atoms with Crippen molar-refractivity contribution in [1.29, 1.82) is 0 Å². The highest BCUT2D eigenvalue weighted by Gasteiger charge is 2.19. The second-order valence-electron chi connectivity index (χ2n) is 6.40. The standard InChI is InChI=1S/C21H20N2O4/c1-13-7-8-17(14(2)10-13)22-20(25)12-27-21(26)16-11-19(15(3)24)23-9-5-4-6-18(16)23/h4-11H,12H2,1-3H3,(H,22,25). The molecule has 1 amide bonds. The van der Waals surface area contributed by atoms with Crippen molar-refractivity contribution in [1.82, 2.24) is 4.40 Å². The zero-order valence-corrected chi connectivity index (χ0v) is 15.4. The van der Waals surface area contributed by atoms with E-state index >= 15 is 0 Å². The maximum atomic E-state index is 12.4. The van der Waals surface area contributed by atoms with E-state index in [1.807, 2.05) is 32.0 Å². The highest BCUT2D eigenvalue weighted by atomic mass is 16.5. The van der Waals surface area contributed by atoms with Crippen molar-refractivity contribution in [2.24, 2.45) is 0 Å². The van der Waals surface area contributed by atoms with Gasteiger partial charge in [-0.2, -0.15) is 0 Å². The van der Waals surface area contributed by atoms with Crippen molar-refractivity contribution < 1.29 is 19.1 Å². The summed E-state index contributed by atoms with van der Waals surface area (Å²) in [6.07, 6.45) is 1.70. The van der Waals surface area contributed by atoms with Crippen molar-refractivity contribution in [2.45, 2.75) is 20.8 Å². The van der Waals surface area contributed by atoms with Gasteiger partial charge in [0.15, 0.2) is 12.4 Å². The molecule has 2 heterocycles. The number of nitrogens with one attached hydrogen (secondary N) is 1. The number of hydrogen-bond donors (Lipinski definition) is 1. The van der Waals surface area contributed by atoms with Crippen molar-refractivity contribution in [2.75, 3.05) is 11.9 Å². The van der Waals surface area contributed by atoms with Crippen LogP contribution in [0.5, 0.6) is 0 Å². The lowest BCUT2D eigenvalue weighted by Gasteiger charge is -2.09. The molecular weight excluding hydrogens is 344 g/mol. The Morgan fingerprint density at radius 3 is 2.56 bits per heavy atom. The molecule has 0 aliphatic rings. The van der Waals surface area contributed by atoms with Crippen LogP contribution >= 0.6 is 0 Å². The number of nitrogens with zero attached hydrogens (tertiary/aromatic N) is 1. The molecule has 0 aliphatic carbocycles. The Balaban J connectivity index is 1.72. The number of fused-ring (bicyclic) bond motifs is 1. The molecule has 2 aromatic heterocycles. The Bertz CT molecular complexity index is 1050. The van der Waals surface area contributed by atoms with Crippen LogP contribution in [0.3, 0.4) is 0 Å². The third kappa shape index (κ3) is 3.89. The Morgan fingerprint density at radius 2 is 1.85 bits per heavy atom. The molecule has 0 unspecified atom stereocenters. The van der Waals surface area contributed by atoms with E-state index in [2.05, 4.69) is 5.32 Å². The minimum atomic E-state index is -0.651. The minimum Gasteiger partial charge on any atom is -0.452 e. The predicted octanol–water partition coefficient (Wildman–Crippen LogP) is 3.55. The van der Waals surface area contributed by atoms with E-state index < -0.39 is 18.5 Å². The zero-order valence-electron chi connectivity index (χ0n) is 15.4. The number of pyridine rings is 1. The summed E-state index contributed by atoms with van der Waals surface area (Å²) in [6.45, 7) is 4.89. The summed E-state index contributed by atoms with van der Waals surface area (Å²) >= 11 is 0. The fourth-order valence-electron chi connectivity index (χ4n) is 2.94. The monoisotopic (exact) mass is 364 g/mol. The average Bonchev–Trinajstić information content (AvgIpc) is 3.02. The Hall–Kier alpha value is -3.41. The molecule has 3 rings (SSSR count). The molecule has 0 atom stereocenters. The number of ketones is 1. The minimum absolute atomic E-state index is 0.164. The normalized spacial score (nSPS) is 10.6. The number of carbonyl (C=O) groups is 3. The highest BCUT2D eigenvalue weighted by molar-refractivity contribution is 6.04. The first-order chi connectivity index (χ1) is 12.9. The summed E-state index contributed by atoms with van der Waals surface area (Å²) < 4.78 is 6.78. The molecule has 3 aromatic rings. The van der Waals surface area contributed by atoms with Crippen molar-refractivity contribution >= 4 is 28.9 Å². The average molecular weight is 364 g/mol. The van der Waals surface area contributed by atoms with Crippen LogP contribution in [0, 0.1) is 13.8 Å². The zero-order chi connectivity index (χ0) is 19.6. The van der Waals surface area contributed by atoms with Crippen LogP contribution in [0.15, 0.2) is 48.7 Å². The molecule has 0 radical (unpaired) electrons. The lowest BCUT2D eigenvalue weighted by Crippen LogP contribution is -2.21. The summed E-state index contributed by atoms with van der Waals surface area (Å²) in [5.41, 5.74) is 3.90. The van der Waals surface area contributed by atoms with Crippen LogP contribution in [-0.2, 0) is 9.53 Å². The van der Waals surface area contributed by atoms with Crippen molar-refractivity contribution in [3.63, 3.8) is 0 Å². The van der Waals surface area contributed by atoms with E-state index in [0.29, 0.717) is 16.9 Å². The van der Waals surface area contributed by atoms with Gasteiger partial charge >= 0.3 is 5.97 Å². The number of esters is 1. The van der Waals surface area contributed by atoms with Gasteiger partial charge in [-0.1, -0.05) is 23.8 Å². The molecule has 6 heteroatoms. The van der Waals surface area contributed by atoms with Gasteiger partial charge in [0.2, 0.25) is 0 Å². The molecule has 0 aliphatic heterocycles. The molecule has 0 saturated heterocycles. The Morgan fingerprint density at radius 1 is 1.07 bits per heavy atom. The van der Waals surface area contributed by atoms with Gasteiger partial charge in [-0.15, -0.1) is 0 Å². The van der Waals surface area contributed by atoms with Crippen LogP contribution in [0.25, 0.3) is 5.52 Å². The summed E-state index contributed by atoms with van der Waals surface area (Å²) in [5.74, 6) is -1.24. The lowest BCUT2D eigenvalue weighted by molar-refractivity contribution is -0.119. The summed E-state index contributed by atoms with van der Waals surface area (Å²) in [7, 11) is 0. The fraction of sp³-hybridized carbons (Fsp3) is 0.190. The molecule has 0 fully saturated rings. The number of Topliss-reactive ketones (excluding diaryl/α,β-unsaturated/α-hetero) is 1. The number of ether oxygens (including phenoxy) is 1. The number of hydrogen-bond acceptors (Lipinski definition) is 4. The molecule has 0 spiro atoms. The van der Waals surface area contributed by atoms with E-state index in [1.54, 1.807) is 28.8 Å². The Labute approximate surface area is 156 Å². The van der Waals surface area contributed by atoms with Gasteiger partial charge in [-0.05, 0) is 43.7 Å². The van der Waals surface area contributed by atoms with Gasteiger partial charge in [-0.25, -0.2) is 4.79 Å². The molecule has 6 nitrogen and oxygen atoms in total. The van der Waals surface area contributed by atoms with Gasteiger partial charge in [0.25, 0.3) is 5.91 Å². The smallest absolute Gasteiger partial charge is 0.340 e. The number of rotatable bonds is 5. The molecule has 138 valence electrons. The van der Waals surface area contributed by atoms with E-state index in [-0.39, 0.29) is 11.3 Å². The fourth-order valence-corrected chi connectivity index (χ4v) is 2.94. The van der Waals surface area contributed by atoms with E-state index in [4.69, 9.17) is 4.74 Å². The van der Waals surface area contributed by atoms with Crippen LogP contribution in [-0.4, -0.2) is 28.7 Å². The van der Waals surface area contributed by atoms with Gasteiger partial charge in [0.1, 0.15) is 0 Å². The predicted molar refractivity (Wildman–Crippen MR) is 102 cm³/mol. The maximum Gasteiger partial charge on any atom is 0.340 e. The van der Waals surface area contributed by atoms with Crippen molar-refractivity contribution in [3.05, 3.63) is 71.0 Å². The quantitative estimate of drug-likeness (QED) is 0.555. The number of carbonyl (C=O) groups excluding carboxylic acids is 3. The molecule has 1 aromatic carbocycles. The Kier molecular flexibility index (Phi) is 5.07. The first-order valence-corrected chi connectivity index (χ1v) is 8.52. The molecule has 1 N–H and O–H groups in total. The second-order valence-corrected chi connectivity index (χ2v) is 6.40. The third-order valence-electron chi connectivity index (χ3n) is 4.25. The topological polar surface area (TPSA) is 76.9 Å². The summed E-state index contributed by atoms with van der Waals surface area (Å²) in [4.78, 5) is 36.3. The molecular formula is C21H20N2O4. The lowest BCUT2D eigenvalue weighted by atomic mass is 10.1. The number of anilines is 1. The van der Waals surface area contributed by atoms with Crippen LogP contribution in [0.1, 0.15) is 38.9 Å². The van der Waals surface area contributed by atoms with Gasteiger partial charge in [0, 0.05) is 18.8 Å². The summed E-state index contributed by atoms with van der Waals surface area (Å²) in [6, 6.07) is 12.4. The van der Waals surface area contributed by atoms with E-state index in [0.717, 1.165) is 11.1 Å². The first-order valence-electron chi connectivity index (χ1n) is 8.52. The highest BCUT2D eigenvalue weighted by Crippen LogP contribution is 2.19. The first kappa shape index (κ1) is 18.4. The molecule has 27 heavy (non-hydrogen) atoms. The SMILES string of the molecule is CC(=O)c1cc(C(=O)OCC(=O)Nc2ccc(C)cc2C)c2ccccn12. The van der Waals surface area contributed by atoms with Crippen molar-refractivity contribution in [3.8, 4) is 0 Å². The largest absolute Gasteiger partial charge is 0.452 e. The maximum absolute atomic E-state index is 12.4. The van der Waals surface area contributed by atoms with Crippen LogP contribution in [0.2, 0.25) is 0 Å². The van der Waals surface area contributed by atoms with E-state index in [9.17, 15) is 14.4 Å². The number of amides is 1. The molecule has 0 bridgehead atoms. The summed E-state index contributed by atoms with van der Waals surface area (Å²) in [5, 5.41) is 2.73. The third-order valence-corrected chi connectivity index (χ3v) is 4.25. The van der Waals surface area contributed by atoms with E-state index in [1.165, 1.54) is 13.0 Å². The van der Waals surface area contributed by atoms with Gasteiger partial charge in [0.05, 0.1) is 16.8 Å². The van der Waals surface area contributed by atoms with Crippen LogP contribution in [0.4, 0.5) is 5.69 Å². The number of benzene rings is 1. The van der Waals surface area contributed by atoms with Gasteiger partial charge < -0.3 is 14.5 Å². The van der Waals surface area contributed by atoms with Gasteiger partial charge in [-0.3, -0.25) is 9.59 Å². The molecule has 0 saturated carbocycles. The number of aryl methyl sites for hydroxylation is 2. The number of aromatic nitrogens is 1. The van der Waals surface area contributed by atoms with Crippen LogP contribution < -0.4 is 5.32 Å².